The van der Waals surface area contributed by atoms with Crippen LogP contribution in [0.1, 0.15) is 15.9 Å². The highest BCUT2D eigenvalue weighted by molar-refractivity contribution is 6.06. The van der Waals surface area contributed by atoms with E-state index in [4.69, 9.17) is 4.98 Å². The van der Waals surface area contributed by atoms with Gasteiger partial charge in [-0.25, -0.2) is 4.98 Å². The maximum atomic E-state index is 12.5. The summed E-state index contributed by atoms with van der Waals surface area (Å²) < 4.78 is 2.05. The van der Waals surface area contributed by atoms with Crippen molar-refractivity contribution >= 4 is 16.9 Å². The number of imidazole rings is 1. The van der Waals surface area contributed by atoms with E-state index in [0.29, 0.717) is 12.1 Å². The van der Waals surface area contributed by atoms with Crippen molar-refractivity contribution in [2.24, 2.45) is 0 Å². The van der Waals surface area contributed by atoms with Crippen LogP contribution in [0, 0.1) is 0 Å². The van der Waals surface area contributed by atoms with Crippen LogP contribution in [0.3, 0.4) is 0 Å². The third kappa shape index (κ3) is 2.87. The molecule has 0 saturated heterocycles. The van der Waals surface area contributed by atoms with Crippen molar-refractivity contribution in [2.45, 2.75) is 19.1 Å². The third-order valence-corrected chi connectivity index (χ3v) is 4.68. The third-order valence-electron chi connectivity index (χ3n) is 4.68. The summed E-state index contributed by atoms with van der Waals surface area (Å²) in [5.74, 6) is 0.653. The minimum atomic E-state index is -0.334. The van der Waals surface area contributed by atoms with Gasteiger partial charge in [0.15, 0.2) is 0 Å². The van der Waals surface area contributed by atoms with Crippen LogP contribution in [0.5, 0.6) is 0 Å². The van der Waals surface area contributed by atoms with Gasteiger partial charge >= 0.3 is 0 Å². The zero-order chi connectivity index (χ0) is 18.3. The summed E-state index contributed by atoms with van der Waals surface area (Å²) in [4.78, 5) is 19.4. The highest BCUT2D eigenvalue weighted by Crippen LogP contribution is 2.29. The quantitative estimate of drug-likeness (QED) is 0.754. The Morgan fingerprint density at radius 3 is 2.69 bits per heavy atom. The molecule has 2 heterocycles. The number of carbonyl (C=O) groups is 1. The molecule has 1 amide bonds. The maximum absolute atomic E-state index is 12.5. The summed E-state index contributed by atoms with van der Waals surface area (Å²) in [5, 5.41) is 12.5. The number of aromatic nitrogens is 2. The highest BCUT2D eigenvalue weighted by Gasteiger charge is 2.26. The Labute approximate surface area is 152 Å². The molecule has 2 N–H and O–H groups in total. The lowest BCUT2D eigenvalue weighted by Gasteiger charge is -2.15. The average Bonchev–Trinajstić information content (AvgIpc) is 2.92. The van der Waals surface area contributed by atoms with Crippen LogP contribution in [0.25, 0.3) is 22.4 Å². The fraction of sp³-hybridized carbons (Fsp3) is 0.300. The number of hydrogen-bond donors (Lipinski definition) is 2. The Kier molecular flexibility index (Phi) is 4.22. The van der Waals surface area contributed by atoms with Crippen LogP contribution in [0.4, 0.5) is 0 Å². The Bertz CT molecular complexity index is 960. The van der Waals surface area contributed by atoms with Gasteiger partial charge < -0.3 is 19.9 Å². The molecule has 1 aliphatic heterocycles. The summed E-state index contributed by atoms with van der Waals surface area (Å²) >= 11 is 0. The first-order chi connectivity index (χ1) is 12.6. The number of aliphatic hydroxyl groups excluding tert-OH is 1. The molecule has 4 rings (SSSR count). The predicted octanol–water partition coefficient (Wildman–Crippen LogP) is 1.87. The maximum Gasteiger partial charge on any atom is 0.253 e. The van der Waals surface area contributed by atoms with Gasteiger partial charge in [0.1, 0.15) is 5.82 Å². The van der Waals surface area contributed by atoms with E-state index in [1.54, 1.807) is 6.07 Å². The molecule has 0 spiro atoms. The number of hydrogen-bond acceptors (Lipinski definition) is 4. The molecule has 134 valence electrons. The van der Waals surface area contributed by atoms with Crippen molar-refractivity contribution < 1.29 is 9.90 Å². The average molecular weight is 350 g/mol. The number of carbonyl (C=O) groups excluding carboxylic acids is 1. The zero-order valence-electron chi connectivity index (χ0n) is 14.9. The zero-order valence-corrected chi connectivity index (χ0v) is 14.9. The molecule has 1 atom stereocenters. The van der Waals surface area contributed by atoms with Crippen LogP contribution in [-0.2, 0) is 13.1 Å². The van der Waals surface area contributed by atoms with Gasteiger partial charge in [-0.2, -0.15) is 0 Å². The number of amides is 1. The summed E-state index contributed by atoms with van der Waals surface area (Å²) in [6, 6.07) is 13.6. The van der Waals surface area contributed by atoms with Crippen molar-refractivity contribution in [2.75, 3.05) is 20.7 Å². The molecular formula is C20H22N4O2. The molecule has 1 aromatic heterocycles. The van der Waals surface area contributed by atoms with Crippen molar-refractivity contribution in [3.8, 4) is 11.4 Å². The van der Waals surface area contributed by atoms with E-state index in [1.165, 1.54) is 5.56 Å². The fourth-order valence-electron chi connectivity index (χ4n) is 3.52. The van der Waals surface area contributed by atoms with Gasteiger partial charge in [0.2, 0.25) is 0 Å². The van der Waals surface area contributed by atoms with Gasteiger partial charge in [-0.05, 0) is 31.8 Å². The minimum Gasteiger partial charge on any atom is -0.394 e. The minimum absolute atomic E-state index is 0.111. The summed E-state index contributed by atoms with van der Waals surface area (Å²) in [7, 11) is 4.09. The van der Waals surface area contributed by atoms with Crippen molar-refractivity contribution in [3.05, 3.63) is 53.6 Å². The molecule has 0 radical (unpaired) electrons. The Morgan fingerprint density at radius 1 is 1.23 bits per heavy atom. The van der Waals surface area contributed by atoms with Crippen LogP contribution in [-0.4, -0.2) is 52.2 Å². The number of nitrogens with one attached hydrogen (secondary N) is 1. The number of nitrogens with zero attached hydrogens (tertiary/aromatic N) is 3. The van der Waals surface area contributed by atoms with Gasteiger partial charge in [0.25, 0.3) is 5.91 Å². The van der Waals surface area contributed by atoms with E-state index in [-0.39, 0.29) is 18.6 Å². The lowest BCUT2D eigenvalue weighted by molar-refractivity contribution is 0.0917. The molecule has 0 saturated carbocycles. The largest absolute Gasteiger partial charge is 0.394 e. The predicted molar refractivity (Wildman–Crippen MR) is 101 cm³/mol. The first-order valence-corrected chi connectivity index (χ1v) is 8.72. The molecule has 0 fully saturated rings. The normalized spacial score (nSPS) is 16.8. The Hall–Kier alpha value is -2.70. The molecule has 0 aliphatic carbocycles. The van der Waals surface area contributed by atoms with Gasteiger partial charge in [-0.3, -0.25) is 4.79 Å². The molecular weight excluding hydrogens is 328 g/mol. The molecule has 6 heteroatoms. The van der Waals surface area contributed by atoms with E-state index in [2.05, 4.69) is 34.5 Å². The number of benzene rings is 2. The van der Waals surface area contributed by atoms with E-state index < -0.39 is 0 Å². The van der Waals surface area contributed by atoms with E-state index in [1.807, 2.05) is 30.8 Å². The SMILES string of the molecule is CN(C)Cc1ccc(-c2nc3cccc4c3n2CC(CO)NC4=O)cc1. The Morgan fingerprint density at radius 2 is 2.00 bits per heavy atom. The molecule has 6 nitrogen and oxygen atoms in total. The van der Waals surface area contributed by atoms with Crippen molar-refractivity contribution in [1.82, 2.24) is 19.8 Å². The number of para-hydroxylation sites is 1. The topological polar surface area (TPSA) is 70.4 Å². The second-order valence-corrected chi connectivity index (χ2v) is 7.01. The monoisotopic (exact) mass is 350 g/mol. The Balaban J connectivity index is 1.85. The summed E-state index contributed by atoms with van der Waals surface area (Å²) in [5.41, 5.74) is 4.45. The fourth-order valence-corrected chi connectivity index (χ4v) is 3.52. The highest BCUT2D eigenvalue weighted by atomic mass is 16.3. The number of aliphatic hydroxyl groups is 1. The second kappa shape index (κ2) is 6.55. The standard InChI is InChI=1S/C20H22N4O2/c1-23(2)10-13-6-8-14(9-7-13)19-22-17-5-3-4-16-18(17)24(19)11-15(12-25)21-20(16)26/h3-9,15,25H,10-12H2,1-2H3,(H,21,26). The van der Waals surface area contributed by atoms with Gasteiger partial charge in [-0.1, -0.05) is 30.3 Å². The second-order valence-electron chi connectivity index (χ2n) is 7.01. The molecule has 2 aromatic carbocycles. The van der Waals surface area contributed by atoms with E-state index in [9.17, 15) is 9.90 Å². The smallest absolute Gasteiger partial charge is 0.253 e. The molecule has 0 bridgehead atoms. The van der Waals surface area contributed by atoms with Crippen LogP contribution in [0.2, 0.25) is 0 Å². The molecule has 3 aromatic rings. The van der Waals surface area contributed by atoms with Gasteiger partial charge in [0, 0.05) is 18.7 Å². The first kappa shape index (κ1) is 16.8. The van der Waals surface area contributed by atoms with E-state index in [0.717, 1.165) is 29.0 Å². The molecule has 26 heavy (non-hydrogen) atoms. The molecule has 1 unspecified atom stereocenters. The van der Waals surface area contributed by atoms with Crippen molar-refractivity contribution in [1.29, 1.82) is 0 Å². The van der Waals surface area contributed by atoms with E-state index >= 15 is 0 Å². The van der Waals surface area contributed by atoms with Gasteiger partial charge in [-0.15, -0.1) is 0 Å². The summed E-state index contributed by atoms with van der Waals surface area (Å²) in [6.07, 6.45) is 0. The number of rotatable bonds is 4. The van der Waals surface area contributed by atoms with Crippen LogP contribution in [0.15, 0.2) is 42.5 Å². The van der Waals surface area contributed by atoms with Gasteiger partial charge in [0.05, 0.1) is 29.2 Å². The first-order valence-electron chi connectivity index (χ1n) is 8.72. The lowest BCUT2D eigenvalue weighted by atomic mass is 10.1. The van der Waals surface area contributed by atoms with Crippen molar-refractivity contribution in [3.63, 3.8) is 0 Å². The summed E-state index contributed by atoms with van der Waals surface area (Å²) in [6.45, 7) is 1.26. The van der Waals surface area contributed by atoms with Crippen LogP contribution >= 0.6 is 0 Å². The van der Waals surface area contributed by atoms with Crippen LogP contribution < -0.4 is 5.32 Å². The molecule has 1 aliphatic rings. The lowest BCUT2D eigenvalue weighted by Crippen LogP contribution is -2.38.